The minimum atomic E-state index is -4.50. The molecule has 210 valence electrons. The van der Waals surface area contributed by atoms with Crippen LogP contribution in [0.4, 0.5) is 24.8 Å². The molecule has 2 fully saturated rings. The van der Waals surface area contributed by atoms with Crippen LogP contribution in [-0.4, -0.2) is 62.3 Å². The van der Waals surface area contributed by atoms with Gasteiger partial charge in [0, 0.05) is 73.3 Å². The maximum Gasteiger partial charge on any atom is 0.435 e. The number of aryl methyl sites for hydroxylation is 3. The Bertz CT molecular complexity index is 1640. The Labute approximate surface area is 229 Å². The van der Waals surface area contributed by atoms with Gasteiger partial charge in [0.2, 0.25) is 0 Å². The van der Waals surface area contributed by atoms with Gasteiger partial charge >= 0.3 is 6.18 Å². The van der Waals surface area contributed by atoms with Crippen LogP contribution in [0, 0.1) is 19.3 Å². The molecule has 2 atom stereocenters. The fourth-order valence-corrected chi connectivity index (χ4v) is 6.55. The summed E-state index contributed by atoms with van der Waals surface area (Å²) in [6.07, 6.45) is -2.76. The fourth-order valence-electron chi connectivity index (χ4n) is 6.55. The molecule has 3 aliphatic heterocycles. The van der Waals surface area contributed by atoms with Gasteiger partial charge in [0.25, 0.3) is 0 Å². The number of benzene rings is 1. The monoisotopic (exact) mass is 552 g/mol. The van der Waals surface area contributed by atoms with E-state index in [-0.39, 0.29) is 11.5 Å². The van der Waals surface area contributed by atoms with Crippen LogP contribution >= 0.6 is 0 Å². The predicted octanol–water partition coefficient (Wildman–Crippen LogP) is 4.57. The van der Waals surface area contributed by atoms with Gasteiger partial charge in [-0.3, -0.25) is 9.78 Å². The number of rotatable bonds is 3. The lowest BCUT2D eigenvalue weighted by molar-refractivity contribution is -0.183. The smallest absolute Gasteiger partial charge is 0.377 e. The number of anilines is 2. The highest BCUT2D eigenvalue weighted by Gasteiger charge is 2.49. The molecule has 12 heteroatoms. The van der Waals surface area contributed by atoms with E-state index in [4.69, 9.17) is 14.7 Å². The van der Waals surface area contributed by atoms with Gasteiger partial charge in [0.15, 0.2) is 11.5 Å². The molecule has 0 spiro atoms. The first-order valence-corrected chi connectivity index (χ1v) is 13.6. The number of alkyl halides is 3. The first-order valence-electron chi connectivity index (χ1n) is 13.6. The minimum Gasteiger partial charge on any atom is -0.377 e. The maximum atomic E-state index is 13.4. The third-order valence-corrected chi connectivity index (χ3v) is 8.75. The molecule has 40 heavy (non-hydrogen) atoms. The molecule has 0 bridgehead atoms. The van der Waals surface area contributed by atoms with Gasteiger partial charge in [0.05, 0.1) is 23.9 Å². The van der Waals surface area contributed by atoms with Crippen molar-refractivity contribution in [1.29, 1.82) is 0 Å². The van der Waals surface area contributed by atoms with Gasteiger partial charge in [-0.2, -0.15) is 23.4 Å². The molecule has 2 unspecified atom stereocenters. The van der Waals surface area contributed by atoms with Crippen molar-refractivity contribution >= 4 is 22.5 Å². The van der Waals surface area contributed by atoms with Crippen LogP contribution in [0.1, 0.15) is 41.6 Å². The van der Waals surface area contributed by atoms with Gasteiger partial charge < -0.3 is 14.5 Å². The van der Waals surface area contributed by atoms with E-state index in [1.54, 1.807) is 7.05 Å². The van der Waals surface area contributed by atoms with Gasteiger partial charge in [-0.05, 0) is 31.9 Å². The second-order valence-electron chi connectivity index (χ2n) is 11.6. The van der Waals surface area contributed by atoms with Crippen molar-refractivity contribution in [3.05, 3.63) is 46.4 Å². The Kier molecular flexibility index (Phi) is 5.48. The van der Waals surface area contributed by atoms with Crippen LogP contribution in [0.15, 0.2) is 18.2 Å². The third-order valence-electron chi connectivity index (χ3n) is 8.75. The first kappa shape index (κ1) is 25.3. The van der Waals surface area contributed by atoms with E-state index >= 15 is 0 Å². The second kappa shape index (κ2) is 8.66. The number of fused-ring (bicyclic) bond motifs is 3. The Morgan fingerprint density at radius 3 is 2.65 bits per heavy atom. The summed E-state index contributed by atoms with van der Waals surface area (Å²) in [5.41, 5.74) is 4.90. The Hall–Kier alpha value is -3.67. The molecule has 2 saturated heterocycles. The number of nitrogens with one attached hydrogen (secondary N) is 1. The minimum absolute atomic E-state index is 0.0469. The quantitative estimate of drug-likeness (QED) is 0.399. The SMILES string of the molecule is Cc1ccc2n[nH]c(C)c2c1-c1nc2c(c(N3CCC4OCC4(C)C3)n1)CN(c1cc(C(F)(F)F)nn1C)CC2. The summed E-state index contributed by atoms with van der Waals surface area (Å²) in [7, 11) is 1.56. The van der Waals surface area contributed by atoms with Gasteiger partial charge in [-0.1, -0.05) is 13.0 Å². The molecule has 9 nitrogen and oxygen atoms in total. The number of halogens is 3. The summed E-state index contributed by atoms with van der Waals surface area (Å²) >= 11 is 0. The van der Waals surface area contributed by atoms with E-state index in [0.717, 1.165) is 70.4 Å². The molecule has 0 aliphatic carbocycles. The lowest BCUT2D eigenvalue weighted by atomic mass is 9.75. The highest BCUT2D eigenvalue weighted by atomic mass is 19.4. The standard InChI is InChI=1S/C28H31F3N8O/c1-15-5-6-19-24(16(2)34-35-19)23(15)25-32-18-7-9-38(22-11-20(28(29,30)31)36-37(22)4)12-17(18)26(33-25)39-10-8-21-27(3,13-39)14-40-21/h5-6,11,21H,7-10,12-14H2,1-4H3,(H,34,35). The molecule has 1 aromatic carbocycles. The van der Waals surface area contributed by atoms with Crippen LogP contribution in [0.5, 0.6) is 0 Å². The zero-order valence-electron chi connectivity index (χ0n) is 22.9. The number of aromatic nitrogens is 6. The average molecular weight is 553 g/mol. The largest absolute Gasteiger partial charge is 0.435 e. The van der Waals surface area contributed by atoms with E-state index in [2.05, 4.69) is 34.0 Å². The molecular weight excluding hydrogens is 521 g/mol. The highest BCUT2D eigenvalue weighted by molar-refractivity contribution is 5.96. The molecule has 6 heterocycles. The molecule has 7 rings (SSSR count). The number of H-pyrrole nitrogens is 1. The van der Waals surface area contributed by atoms with E-state index in [9.17, 15) is 13.2 Å². The predicted molar refractivity (Wildman–Crippen MR) is 144 cm³/mol. The zero-order valence-corrected chi connectivity index (χ0v) is 22.9. The third kappa shape index (κ3) is 3.87. The molecule has 3 aromatic heterocycles. The Morgan fingerprint density at radius 2 is 1.95 bits per heavy atom. The summed E-state index contributed by atoms with van der Waals surface area (Å²) in [6.45, 7) is 9.55. The second-order valence-corrected chi connectivity index (χ2v) is 11.6. The summed E-state index contributed by atoms with van der Waals surface area (Å²) in [5.74, 6) is 1.94. The van der Waals surface area contributed by atoms with E-state index < -0.39 is 11.9 Å². The van der Waals surface area contributed by atoms with Crippen LogP contribution in [0.25, 0.3) is 22.3 Å². The number of nitrogens with zero attached hydrogens (tertiary/aromatic N) is 7. The van der Waals surface area contributed by atoms with Crippen molar-refractivity contribution in [2.24, 2.45) is 12.5 Å². The van der Waals surface area contributed by atoms with E-state index in [0.29, 0.717) is 37.8 Å². The summed E-state index contributed by atoms with van der Waals surface area (Å²) in [6, 6.07) is 5.17. The summed E-state index contributed by atoms with van der Waals surface area (Å²) in [4.78, 5) is 14.6. The zero-order chi connectivity index (χ0) is 28.0. The number of hydrogen-bond acceptors (Lipinski definition) is 7. The van der Waals surface area contributed by atoms with Crippen LogP contribution in [0.2, 0.25) is 0 Å². The Balaban J connectivity index is 1.35. The molecule has 1 N–H and O–H groups in total. The molecule has 4 aromatic rings. The van der Waals surface area contributed by atoms with E-state index in [1.807, 2.05) is 24.0 Å². The lowest BCUT2D eigenvalue weighted by Gasteiger charge is -2.53. The summed E-state index contributed by atoms with van der Waals surface area (Å²) < 4.78 is 47.4. The summed E-state index contributed by atoms with van der Waals surface area (Å²) in [5, 5.41) is 12.3. The number of aromatic amines is 1. The maximum absolute atomic E-state index is 13.4. The number of hydrogen-bond donors (Lipinski definition) is 1. The lowest BCUT2D eigenvalue weighted by Crippen LogP contribution is -2.61. The van der Waals surface area contributed by atoms with E-state index in [1.165, 1.54) is 4.68 Å². The van der Waals surface area contributed by atoms with Crippen molar-refractivity contribution in [2.45, 2.75) is 52.4 Å². The fraction of sp³-hybridized carbons (Fsp3) is 0.500. The van der Waals surface area contributed by atoms with Crippen LogP contribution in [-0.2, 0) is 30.9 Å². The number of ether oxygens (including phenoxy) is 1. The molecule has 0 radical (unpaired) electrons. The highest BCUT2D eigenvalue weighted by Crippen LogP contribution is 2.44. The first-order chi connectivity index (χ1) is 19.0. The average Bonchev–Trinajstić information content (AvgIpc) is 3.48. The van der Waals surface area contributed by atoms with Crippen molar-refractivity contribution < 1.29 is 17.9 Å². The van der Waals surface area contributed by atoms with Gasteiger partial charge in [-0.25, -0.2) is 9.97 Å². The van der Waals surface area contributed by atoms with Crippen molar-refractivity contribution in [2.75, 3.05) is 36.0 Å². The normalized spacial score (nSPS) is 22.8. The van der Waals surface area contributed by atoms with Gasteiger partial charge in [0.1, 0.15) is 11.6 Å². The van der Waals surface area contributed by atoms with Crippen molar-refractivity contribution in [3.8, 4) is 11.4 Å². The molecule has 3 aliphatic rings. The molecular formula is C28H31F3N8O. The molecule has 0 amide bonds. The van der Waals surface area contributed by atoms with Crippen molar-refractivity contribution in [1.82, 2.24) is 29.9 Å². The van der Waals surface area contributed by atoms with Crippen LogP contribution < -0.4 is 9.80 Å². The van der Waals surface area contributed by atoms with Crippen molar-refractivity contribution in [3.63, 3.8) is 0 Å². The topological polar surface area (TPSA) is 88.0 Å². The Morgan fingerprint density at radius 1 is 1.12 bits per heavy atom. The molecule has 0 saturated carbocycles. The van der Waals surface area contributed by atoms with Gasteiger partial charge in [-0.15, -0.1) is 0 Å². The van der Waals surface area contributed by atoms with Crippen LogP contribution in [0.3, 0.4) is 0 Å². The number of piperidine rings is 1.